The smallest absolute Gasteiger partial charge is 0.371 e. The number of rotatable bonds is 1. The third kappa shape index (κ3) is 3.29. The summed E-state index contributed by atoms with van der Waals surface area (Å²) < 4.78 is 81.2. The summed E-state index contributed by atoms with van der Waals surface area (Å²) in [5, 5.41) is 14.5. The van der Waals surface area contributed by atoms with Gasteiger partial charge in [0.25, 0.3) is 0 Å². The van der Waals surface area contributed by atoms with Crippen molar-refractivity contribution in [2.75, 3.05) is 16.8 Å². The van der Waals surface area contributed by atoms with Crippen LogP contribution in [-0.2, 0) is 27.5 Å². The molecule has 3 fully saturated rings. The van der Waals surface area contributed by atoms with Gasteiger partial charge in [-0.1, -0.05) is 23.2 Å². The van der Waals surface area contributed by atoms with Crippen molar-refractivity contribution in [1.29, 1.82) is 0 Å². The first-order chi connectivity index (χ1) is 17.7. The number of aliphatic hydroxyl groups is 1. The highest BCUT2D eigenvalue weighted by atomic mass is 35.5. The fourth-order valence-corrected chi connectivity index (χ4v) is 7.30. The number of anilines is 2. The van der Waals surface area contributed by atoms with Gasteiger partial charge in [0.2, 0.25) is 11.8 Å². The lowest BCUT2D eigenvalue weighted by Gasteiger charge is -2.41. The first-order valence-electron chi connectivity index (χ1n) is 11.6. The van der Waals surface area contributed by atoms with Gasteiger partial charge in [-0.15, -0.1) is 0 Å². The predicted molar refractivity (Wildman–Crippen MR) is 123 cm³/mol. The van der Waals surface area contributed by atoms with Crippen molar-refractivity contribution in [1.82, 2.24) is 4.90 Å². The second-order valence-electron chi connectivity index (χ2n) is 9.86. The zero-order valence-electron chi connectivity index (χ0n) is 19.0. The maximum absolute atomic E-state index is 13.9. The van der Waals surface area contributed by atoms with E-state index in [0.717, 1.165) is 0 Å². The molecule has 4 aliphatic rings. The molecule has 2 aromatic rings. The molecule has 38 heavy (non-hydrogen) atoms. The molecular weight excluding hydrogens is 563 g/mol. The molecule has 5 unspecified atom stereocenters. The van der Waals surface area contributed by atoms with Gasteiger partial charge in [-0.3, -0.25) is 14.5 Å². The number of amides is 2. The van der Waals surface area contributed by atoms with Crippen LogP contribution in [0.5, 0.6) is 0 Å². The van der Waals surface area contributed by atoms with Gasteiger partial charge in [0.15, 0.2) is 0 Å². The summed E-state index contributed by atoms with van der Waals surface area (Å²) in [7, 11) is 0. The zero-order valence-corrected chi connectivity index (χ0v) is 20.5. The normalized spacial score (nSPS) is 30.7. The van der Waals surface area contributed by atoms with Crippen molar-refractivity contribution in [3.8, 4) is 0 Å². The molecule has 0 aliphatic carbocycles. The number of hydrogen-bond donors (Lipinski definition) is 2. The topological polar surface area (TPSA) is 72.9 Å². The molecule has 4 heterocycles. The minimum atomic E-state index is -5.17. The van der Waals surface area contributed by atoms with Crippen molar-refractivity contribution >= 4 is 46.4 Å². The number of aliphatic hydroxyl groups excluding tert-OH is 1. The Morgan fingerprint density at radius 1 is 0.947 bits per heavy atom. The fourth-order valence-electron chi connectivity index (χ4n) is 6.75. The molecule has 0 saturated carbocycles. The van der Waals surface area contributed by atoms with Gasteiger partial charge in [0.1, 0.15) is 11.8 Å². The van der Waals surface area contributed by atoms with Crippen LogP contribution in [0.3, 0.4) is 0 Å². The number of imide groups is 1. The Labute approximate surface area is 221 Å². The molecule has 6 nitrogen and oxygen atoms in total. The monoisotopic (exact) mass is 579 g/mol. The van der Waals surface area contributed by atoms with Crippen molar-refractivity contribution in [3.05, 3.63) is 57.1 Å². The largest absolute Gasteiger partial charge is 0.416 e. The first kappa shape index (κ1) is 25.7. The van der Waals surface area contributed by atoms with Crippen LogP contribution in [0.25, 0.3) is 0 Å². The summed E-state index contributed by atoms with van der Waals surface area (Å²) in [4.78, 5) is 29.9. The van der Waals surface area contributed by atoms with Crippen molar-refractivity contribution in [3.63, 3.8) is 0 Å². The molecule has 0 radical (unpaired) electrons. The average molecular weight is 580 g/mol. The maximum Gasteiger partial charge on any atom is 0.416 e. The quantitative estimate of drug-likeness (QED) is 0.356. The molecule has 2 aromatic carbocycles. The van der Waals surface area contributed by atoms with Crippen LogP contribution < -0.4 is 10.2 Å². The van der Waals surface area contributed by atoms with Crippen LogP contribution in [0.2, 0.25) is 10.0 Å². The molecular formula is C24H17Cl2F6N3O3. The number of nitrogens with zero attached hydrogens (tertiary/aromatic N) is 2. The van der Waals surface area contributed by atoms with Crippen molar-refractivity contribution < 1.29 is 41.0 Å². The number of fused-ring (bicyclic) bond motifs is 7. The van der Waals surface area contributed by atoms with Gasteiger partial charge in [-0.2, -0.15) is 26.3 Å². The number of hydrogen-bond acceptors (Lipinski definition) is 5. The number of nitrogens with one attached hydrogen (secondary N) is 1. The van der Waals surface area contributed by atoms with E-state index in [-0.39, 0.29) is 21.8 Å². The second kappa shape index (κ2) is 8.00. The Balaban J connectivity index is 1.55. The highest BCUT2D eigenvalue weighted by molar-refractivity contribution is 6.37. The van der Waals surface area contributed by atoms with E-state index in [1.54, 1.807) is 0 Å². The van der Waals surface area contributed by atoms with Crippen LogP contribution >= 0.6 is 23.2 Å². The summed E-state index contributed by atoms with van der Waals surface area (Å²) in [5.41, 5.74) is -5.07. The lowest BCUT2D eigenvalue weighted by atomic mass is 9.75. The zero-order chi connectivity index (χ0) is 27.5. The Bertz CT molecular complexity index is 1370. The van der Waals surface area contributed by atoms with Crippen LogP contribution in [0, 0.1) is 11.8 Å². The molecule has 3 saturated heterocycles. The minimum Gasteiger partial charge on any atom is -0.371 e. The van der Waals surface area contributed by atoms with Gasteiger partial charge >= 0.3 is 12.4 Å². The third-order valence-electron chi connectivity index (χ3n) is 8.03. The van der Waals surface area contributed by atoms with E-state index >= 15 is 0 Å². The highest BCUT2D eigenvalue weighted by Gasteiger charge is 2.74. The predicted octanol–water partition coefficient (Wildman–Crippen LogP) is 5.25. The minimum absolute atomic E-state index is 0.0690. The third-order valence-corrected chi connectivity index (χ3v) is 8.55. The van der Waals surface area contributed by atoms with E-state index in [1.165, 1.54) is 12.1 Å². The van der Waals surface area contributed by atoms with Gasteiger partial charge in [-0.05, 0) is 49.7 Å². The van der Waals surface area contributed by atoms with Gasteiger partial charge in [0.05, 0.1) is 39.4 Å². The maximum atomic E-state index is 13.9. The summed E-state index contributed by atoms with van der Waals surface area (Å²) in [6.07, 6.45) is -10.8. The number of carbonyl (C=O) groups excluding carboxylic acids is 2. The summed E-state index contributed by atoms with van der Waals surface area (Å²) >= 11 is 12.6. The van der Waals surface area contributed by atoms with Crippen LogP contribution in [0.4, 0.5) is 37.7 Å². The Morgan fingerprint density at radius 2 is 1.58 bits per heavy atom. The second-order valence-corrected chi connectivity index (χ2v) is 10.7. The molecule has 0 bridgehead atoms. The Hall–Kier alpha value is -2.54. The van der Waals surface area contributed by atoms with Gasteiger partial charge < -0.3 is 10.4 Å². The number of carbonyl (C=O) groups is 2. The highest BCUT2D eigenvalue weighted by Crippen LogP contribution is 2.63. The molecule has 2 amide bonds. The van der Waals surface area contributed by atoms with E-state index in [0.29, 0.717) is 42.0 Å². The molecule has 202 valence electrons. The van der Waals surface area contributed by atoms with Crippen molar-refractivity contribution in [2.45, 2.75) is 43.0 Å². The number of alkyl halides is 6. The van der Waals surface area contributed by atoms with Gasteiger partial charge in [-0.25, -0.2) is 4.90 Å². The molecule has 14 heteroatoms. The van der Waals surface area contributed by atoms with Gasteiger partial charge in [0, 0.05) is 16.6 Å². The Morgan fingerprint density at radius 3 is 2.18 bits per heavy atom. The van der Waals surface area contributed by atoms with Crippen LogP contribution in [0.15, 0.2) is 30.3 Å². The molecule has 1 spiro atoms. The van der Waals surface area contributed by atoms with E-state index < -0.39 is 70.6 Å². The molecule has 0 aromatic heterocycles. The SMILES string of the molecule is O=C1C2C3CCCN3C3(c4cc(Cl)cc(Cl)c4NC3O)C2C(=O)N1c1cc(C(F)(F)F)cc(C(F)(F)F)c1. The van der Waals surface area contributed by atoms with E-state index in [1.807, 2.05) is 4.90 Å². The van der Waals surface area contributed by atoms with Crippen LogP contribution in [-0.4, -0.2) is 40.6 Å². The van der Waals surface area contributed by atoms with Crippen LogP contribution in [0.1, 0.15) is 29.5 Å². The fraction of sp³-hybridized carbons (Fsp3) is 0.417. The van der Waals surface area contributed by atoms with E-state index in [4.69, 9.17) is 23.2 Å². The summed E-state index contributed by atoms with van der Waals surface area (Å²) in [6.45, 7) is 0.391. The lowest BCUT2D eigenvalue weighted by Crippen LogP contribution is -2.56. The number of benzene rings is 2. The van der Waals surface area contributed by atoms with Crippen molar-refractivity contribution in [2.24, 2.45) is 11.8 Å². The van der Waals surface area contributed by atoms with E-state index in [9.17, 15) is 41.0 Å². The standard InChI is InChI=1S/C24H17Cl2F6N3O3/c25-11-7-13-18(14(26)8-11)33-21(38)22(13)17-16(15-2-1-3-34(15)22)19(36)35(20(17)37)12-5-9(23(27,28)29)4-10(6-12)24(30,31)32/h4-8,15-17,21,33,38H,1-3H2. The molecule has 4 aliphatic heterocycles. The average Bonchev–Trinajstić information content (AvgIpc) is 3.51. The molecule has 5 atom stereocenters. The summed E-state index contributed by atoms with van der Waals surface area (Å²) in [5.74, 6) is -4.36. The lowest BCUT2D eigenvalue weighted by molar-refractivity contribution is -0.143. The first-order valence-corrected chi connectivity index (χ1v) is 12.3. The summed E-state index contributed by atoms with van der Waals surface area (Å²) in [6, 6.07) is 2.97. The molecule has 6 rings (SSSR count). The Kier molecular flexibility index (Phi) is 5.41. The molecule has 2 N–H and O–H groups in total. The van der Waals surface area contributed by atoms with E-state index in [2.05, 4.69) is 5.32 Å². The number of halogens is 8.